The van der Waals surface area contributed by atoms with Gasteiger partial charge in [0.05, 0.1) is 17.7 Å². The molecule has 3 rings (SSSR count). The fourth-order valence-electron chi connectivity index (χ4n) is 2.16. The number of carbonyl (C=O) groups is 1. The molecule has 0 bridgehead atoms. The number of methoxy groups -OCH3 is 1. The Balaban J connectivity index is 1.52. The molecule has 6 nitrogen and oxygen atoms in total. The Morgan fingerprint density at radius 2 is 1.96 bits per heavy atom. The number of aromatic nitrogens is 2. The Hall–Kier alpha value is -2.22. The van der Waals surface area contributed by atoms with Crippen molar-refractivity contribution in [3.05, 3.63) is 52.5 Å². The number of hydrogen-bond acceptors (Lipinski definition) is 6. The summed E-state index contributed by atoms with van der Waals surface area (Å²) in [6.07, 6.45) is 0.298. The van der Waals surface area contributed by atoms with E-state index in [1.54, 1.807) is 37.1 Å². The summed E-state index contributed by atoms with van der Waals surface area (Å²) in [4.78, 5) is 13.1. The second kappa shape index (κ2) is 9.12. The Morgan fingerprint density at radius 1 is 1.19 bits per heavy atom. The predicted molar refractivity (Wildman–Crippen MR) is 107 cm³/mol. The summed E-state index contributed by atoms with van der Waals surface area (Å²) in [5.74, 6) is 1.37. The minimum Gasteiger partial charge on any atom is -0.497 e. The van der Waals surface area contributed by atoms with Gasteiger partial charge >= 0.3 is 6.01 Å². The van der Waals surface area contributed by atoms with Crippen molar-refractivity contribution < 1.29 is 13.9 Å². The van der Waals surface area contributed by atoms with Gasteiger partial charge in [0.1, 0.15) is 5.75 Å². The van der Waals surface area contributed by atoms with Crippen LogP contribution in [0.15, 0.2) is 51.8 Å². The zero-order chi connectivity index (χ0) is 19.2. The van der Waals surface area contributed by atoms with Crippen LogP contribution in [-0.4, -0.2) is 29.0 Å². The van der Waals surface area contributed by atoms with Crippen molar-refractivity contribution in [3.63, 3.8) is 0 Å². The quantitative estimate of drug-likeness (QED) is 0.527. The molecule has 0 saturated heterocycles. The highest BCUT2D eigenvalue weighted by Gasteiger charge is 2.14. The minimum atomic E-state index is -0.219. The van der Waals surface area contributed by atoms with Gasteiger partial charge in [-0.2, -0.15) is 0 Å². The molecule has 27 heavy (non-hydrogen) atoms. The number of ether oxygens (including phenoxy) is 1. The van der Waals surface area contributed by atoms with Crippen molar-refractivity contribution in [3.8, 4) is 17.2 Å². The molecule has 1 amide bonds. The summed E-state index contributed by atoms with van der Waals surface area (Å²) in [6.45, 7) is 0. The van der Waals surface area contributed by atoms with Gasteiger partial charge in [0.25, 0.3) is 5.89 Å². The lowest BCUT2D eigenvalue weighted by molar-refractivity contribution is -0.115. The van der Waals surface area contributed by atoms with E-state index in [0.29, 0.717) is 27.8 Å². The number of carbonyl (C=O) groups excluding carboxylic acids is 1. The van der Waals surface area contributed by atoms with E-state index in [1.165, 1.54) is 0 Å². The molecule has 0 aliphatic rings. The molecule has 0 saturated carbocycles. The molecule has 0 radical (unpaired) electrons. The average molecular weight is 424 g/mol. The van der Waals surface area contributed by atoms with Gasteiger partial charge in [-0.25, -0.2) is 0 Å². The van der Waals surface area contributed by atoms with Gasteiger partial charge in [-0.15, -0.1) is 16.9 Å². The van der Waals surface area contributed by atoms with Crippen LogP contribution in [-0.2, 0) is 4.79 Å². The van der Waals surface area contributed by atoms with E-state index >= 15 is 0 Å². The maximum Gasteiger partial charge on any atom is 0.322 e. The highest BCUT2D eigenvalue weighted by Crippen LogP contribution is 2.30. The van der Waals surface area contributed by atoms with E-state index in [9.17, 15) is 4.79 Å². The molecule has 1 heterocycles. The maximum atomic E-state index is 12.1. The summed E-state index contributed by atoms with van der Waals surface area (Å²) in [5.41, 5.74) is 0.507. The van der Waals surface area contributed by atoms with E-state index in [1.807, 2.05) is 24.3 Å². The van der Waals surface area contributed by atoms with E-state index < -0.39 is 0 Å². The fraction of sp³-hybridized carbons (Fsp3) is 0.167. The molecule has 1 N–H and O–H groups in total. The topological polar surface area (TPSA) is 77.2 Å². The number of anilines is 1. The van der Waals surface area contributed by atoms with Crippen molar-refractivity contribution in [1.82, 2.24) is 10.2 Å². The Bertz CT molecular complexity index is 932. The smallest absolute Gasteiger partial charge is 0.322 e. The number of nitrogens with one attached hydrogen (secondary N) is 1. The minimum absolute atomic E-state index is 0.0143. The lowest BCUT2D eigenvalue weighted by atomic mass is 10.2. The van der Waals surface area contributed by atoms with Gasteiger partial charge in [0.2, 0.25) is 5.91 Å². The molecular formula is C18H15Cl2N3O3S. The lowest BCUT2D eigenvalue weighted by Crippen LogP contribution is -2.12. The monoisotopic (exact) mass is 423 g/mol. The summed E-state index contributed by atoms with van der Waals surface area (Å²) >= 11 is 13.6. The number of amides is 1. The molecule has 3 aromatic rings. The molecule has 0 fully saturated rings. The third-order valence-electron chi connectivity index (χ3n) is 3.49. The van der Waals surface area contributed by atoms with Crippen molar-refractivity contribution in [1.29, 1.82) is 0 Å². The molecule has 0 spiro atoms. The number of halogens is 2. The van der Waals surface area contributed by atoms with E-state index in [0.717, 1.165) is 10.6 Å². The van der Waals surface area contributed by atoms with Crippen molar-refractivity contribution >= 4 is 46.9 Å². The number of benzene rings is 2. The molecule has 0 aliphatic heterocycles. The Morgan fingerprint density at radius 3 is 2.70 bits per heavy atom. The van der Waals surface area contributed by atoms with Crippen molar-refractivity contribution in [2.24, 2.45) is 0 Å². The second-order valence-electron chi connectivity index (χ2n) is 5.36. The summed E-state index contributed by atoms with van der Waals surface area (Å²) < 4.78 is 10.6. The van der Waals surface area contributed by atoms with Gasteiger partial charge in [-0.05, 0) is 42.5 Å². The first-order valence-corrected chi connectivity index (χ1v) is 9.65. The van der Waals surface area contributed by atoms with Crippen LogP contribution in [0.3, 0.4) is 0 Å². The molecule has 140 valence electrons. The average Bonchev–Trinajstić information content (AvgIpc) is 3.12. The van der Waals surface area contributed by atoms with Gasteiger partial charge in [0, 0.05) is 22.1 Å². The highest BCUT2D eigenvalue weighted by atomic mass is 35.5. The third-order valence-corrected chi connectivity index (χ3v) is 5.07. The van der Waals surface area contributed by atoms with Crippen LogP contribution in [0.25, 0.3) is 11.5 Å². The van der Waals surface area contributed by atoms with Gasteiger partial charge in [-0.1, -0.05) is 28.3 Å². The first kappa shape index (κ1) is 19.5. The van der Waals surface area contributed by atoms with Crippen LogP contribution < -0.4 is 10.1 Å². The van der Waals surface area contributed by atoms with E-state index in [-0.39, 0.29) is 17.8 Å². The number of rotatable bonds is 7. The van der Waals surface area contributed by atoms with Gasteiger partial charge in [-0.3, -0.25) is 10.1 Å². The SMILES string of the molecule is COc1ccc(SCCC(=O)Nc2nnc(-c3cc(Cl)ccc3Cl)o2)cc1. The third kappa shape index (κ3) is 5.38. The molecule has 1 aromatic heterocycles. The van der Waals surface area contributed by atoms with Crippen molar-refractivity contribution in [2.45, 2.75) is 11.3 Å². The normalized spacial score (nSPS) is 10.6. The van der Waals surface area contributed by atoms with Crippen LogP contribution in [0.2, 0.25) is 10.0 Å². The first-order valence-electron chi connectivity index (χ1n) is 7.91. The Labute approximate surface area is 170 Å². The van der Waals surface area contributed by atoms with Crippen LogP contribution in [0.5, 0.6) is 5.75 Å². The zero-order valence-electron chi connectivity index (χ0n) is 14.2. The maximum absolute atomic E-state index is 12.1. The number of thioether (sulfide) groups is 1. The van der Waals surface area contributed by atoms with E-state index in [2.05, 4.69) is 15.5 Å². The van der Waals surface area contributed by atoms with Gasteiger partial charge in [0.15, 0.2) is 0 Å². The van der Waals surface area contributed by atoms with E-state index in [4.69, 9.17) is 32.4 Å². The predicted octanol–water partition coefficient (Wildman–Crippen LogP) is 5.17. The van der Waals surface area contributed by atoms with Crippen molar-refractivity contribution in [2.75, 3.05) is 18.2 Å². The fourth-order valence-corrected chi connectivity index (χ4v) is 3.38. The summed E-state index contributed by atoms with van der Waals surface area (Å²) in [6, 6.07) is 12.6. The van der Waals surface area contributed by atoms with Crippen LogP contribution in [0.1, 0.15) is 6.42 Å². The molecule has 2 aromatic carbocycles. The number of hydrogen-bond donors (Lipinski definition) is 1. The van der Waals surface area contributed by atoms with Gasteiger partial charge < -0.3 is 9.15 Å². The highest BCUT2D eigenvalue weighted by molar-refractivity contribution is 7.99. The molecular weight excluding hydrogens is 409 g/mol. The molecule has 0 aliphatic carbocycles. The second-order valence-corrected chi connectivity index (χ2v) is 7.37. The Kier molecular flexibility index (Phi) is 6.60. The number of nitrogens with zero attached hydrogens (tertiary/aromatic N) is 2. The molecule has 0 atom stereocenters. The summed E-state index contributed by atoms with van der Waals surface area (Å²) in [7, 11) is 1.62. The largest absolute Gasteiger partial charge is 0.497 e. The standard InChI is InChI=1S/C18H15Cl2N3O3S/c1-25-12-3-5-13(6-4-12)27-9-8-16(24)21-18-23-22-17(26-18)14-10-11(19)2-7-15(14)20/h2-7,10H,8-9H2,1H3,(H,21,23,24). The first-order chi connectivity index (χ1) is 13.0. The van der Waals surface area contributed by atoms with Crippen LogP contribution in [0, 0.1) is 0 Å². The van der Waals surface area contributed by atoms with Crippen LogP contribution >= 0.6 is 35.0 Å². The summed E-state index contributed by atoms with van der Waals surface area (Å²) in [5, 5.41) is 11.2. The zero-order valence-corrected chi connectivity index (χ0v) is 16.6. The van der Waals surface area contributed by atoms with Crippen LogP contribution in [0.4, 0.5) is 6.01 Å². The molecule has 9 heteroatoms. The molecule has 0 unspecified atom stereocenters. The lowest BCUT2D eigenvalue weighted by Gasteiger charge is -2.03.